The summed E-state index contributed by atoms with van der Waals surface area (Å²) in [6.07, 6.45) is 0. The van der Waals surface area contributed by atoms with Gasteiger partial charge in [-0.2, -0.15) is 4.98 Å². The van der Waals surface area contributed by atoms with Crippen LogP contribution in [0.25, 0.3) is 11.4 Å². The van der Waals surface area contributed by atoms with Crippen LogP contribution in [0.2, 0.25) is 0 Å². The number of rotatable bonds is 6. The molecule has 0 amide bonds. The van der Waals surface area contributed by atoms with E-state index in [2.05, 4.69) is 15.0 Å². The van der Waals surface area contributed by atoms with Crippen molar-refractivity contribution in [3.8, 4) is 17.1 Å². The summed E-state index contributed by atoms with van der Waals surface area (Å²) >= 11 is 0. The molecule has 0 unspecified atom stereocenters. The minimum absolute atomic E-state index is 0.548. The van der Waals surface area contributed by atoms with Crippen LogP contribution in [0.5, 0.6) is 5.75 Å². The number of ether oxygens (including phenoxy) is 2. The van der Waals surface area contributed by atoms with E-state index in [0.717, 1.165) is 43.2 Å². The molecule has 0 spiro atoms. The van der Waals surface area contributed by atoms with E-state index in [4.69, 9.17) is 14.0 Å². The molecule has 1 fully saturated rings. The Bertz CT molecular complexity index is 812. The molecule has 0 bridgehead atoms. The zero-order valence-corrected chi connectivity index (χ0v) is 14.5. The number of nitrogens with zero attached hydrogens (tertiary/aromatic N) is 3. The molecule has 0 N–H and O–H groups in total. The van der Waals surface area contributed by atoms with Gasteiger partial charge in [0, 0.05) is 18.7 Å². The van der Waals surface area contributed by atoms with E-state index in [1.54, 1.807) is 0 Å². The fraction of sp³-hybridized carbons (Fsp3) is 0.300. The highest BCUT2D eigenvalue weighted by Gasteiger charge is 2.15. The molecule has 6 heteroatoms. The molecule has 1 aliphatic rings. The molecule has 2 heterocycles. The highest BCUT2D eigenvalue weighted by atomic mass is 16.5. The number of benzene rings is 2. The second-order valence-electron chi connectivity index (χ2n) is 6.20. The maximum Gasteiger partial charge on any atom is 0.241 e. The lowest BCUT2D eigenvalue weighted by molar-refractivity contribution is 0.0297. The molecule has 4 rings (SSSR count). The van der Waals surface area contributed by atoms with Crippen molar-refractivity contribution in [3.05, 3.63) is 66.1 Å². The molecule has 6 nitrogen and oxygen atoms in total. The Labute approximate surface area is 152 Å². The van der Waals surface area contributed by atoms with E-state index in [1.165, 1.54) is 0 Å². The predicted octanol–water partition coefficient (Wildman–Crippen LogP) is 3.15. The van der Waals surface area contributed by atoms with Gasteiger partial charge in [0.15, 0.2) is 0 Å². The summed E-state index contributed by atoms with van der Waals surface area (Å²) in [5.41, 5.74) is 2.05. The first kappa shape index (κ1) is 16.8. The van der Waals surface area contributed by atoms with Crippen molar-refractivity contribution < 1.29 is 14.0 Å². The fourth-order valence-electron chi connectivity index (χ4n) is 2.83. The lowest BCUT2D eigenvalue weighted by atomic mass is 10.2. The minimum Gasteiger partial charge on any atom is -0.489 e. The van der Waals surface area contributed by atoms with Gasteiger partial charge in [-0.3, -0.25) is 4.90 Å². The molecule has 1 aromatic heterocycles. The van der Waals surface area contributed by atoms with Crippen LogP contribution in [0.1, 0.15) is 11.5 Å². The van der Waals surface area contributed by atoms with Crippen LogP contribution in [0.3, 0.4) is 0 Å². The number of hydrogen-bond donors (Lipinski definition) is 0. The Balaban J connectivity index is 1.36. The quantitative estimate of drug-likeness (QED) is 0.680. The third-order valence-corrected chi connectivity index (χ3v) is 4.29. The molecule has 2 aromatic carbocycles. The van der Waals surface area contributed by atoms with Gasteiger partial charge in [-0.1, -0.05) is 35.5 Å². The normalized spacial score (nSPS) is 15.1. The fourth-order valence-corrected chi connectivity index (χ4v) is 2.83. The van der Waals surface area contributed by atoms with E-state index in [1.807, 2.05) is 54.6 Å². The summed E-state index contributed by atoms with van der Waals surface area (Å²) in [6.45, 7) is 4.51. The largest absolute Gasteiger partial charge is 0.489 e. The van der Waals surface area contributed by atoms with Crippen LogP contribution in [-0.2, 0) is 17.9 Å². The van der Waals surface area contributed by atoms with Gasteiger partial charge in [-0.25, -0.2) is 0 Å². The average molecular weight is 351 g/mol. The molecular formula is C20H21N3O3. The first-order valence-corrected chi connectivity index (χ1v) is 8.77. The van der Waals surface area contributed by atoms with E-state index in [-0.39, 0.29) is 0 Å². The Morgan fingerprint density at radius 1 is 0.962 bits per heavy atom. The Morgan fingerprint density at radius 2 is 1.73 bits per heavy atom. The summed E-state index contributed by atoms with van der Waals surface area (Å²) in [7, 11) is 0. The summed E-state index contributed by atoms with van der Waals surface area (Å²) in [5.74, 6) is 2.05. The highest BCUT2D eigenvalue weighted by molar-refractivity contribution is 5.55. The lowest BCUT2D eigenvalue weighted by Crippen LogP contribution is -2.35. The van der Waals surface area contributed by atoms with Crippen LogP contribution >= 0.6 is 0 Å². The maximum absolute atomic E-state index is 5.81. The molecule has 1 aliphatic heterocycles. The summed E-state index contributed by atoms with van der Waals surface area (Å²) in [4.78, 5) is 6.75. The molecule has 0 saturated carbocycles. The average Bonchev–Trinajstić information content (AvgIpc) is 3.17. The van der Waals surface area contributed by atoms with Crippen LogP contribution < -0.4 is 4.74 Å². The zero-order chi connectivity index (χ0) is 17.6. The maximum atomic E-state index is 5.81. The minimum atomic E-state index is 0.548. The molecule has 1 saturated heterocycles. The third-order valence-electron chi connectivity index (χ3n) is 4.29. The highest BCUT2D eigenvalue weighted by Crippen LogP contribution is 2.21. The molecule has 0 atom stereocenters. The molecule has 3 aromatic rings. The van der Waals surface area contributed by atoms with Gasteiger partial charge in [0.2, 0.25) is 11.7 Å². The number of aromatic nitrogens is 2. The third kappa shape index (κ3) is 4.28. The van der Waals surface area contributed by atoms with Gasteiger partial charge in [0.05, 0.1) is 19.8 Å². The van der Waals surface area contributed by atoms with Gasteiger partial charge in [-0.05, 0) is 29.8 Å². The van der Waals surface area contributed by atoms with E-state index in [0.29, 0.717) is 24.9 Å². The topological polar surface area (TPSA) is 60.6 Å². The van der Waals surface area contributed by atoms with Crippen molar-refractivity contribution in [2.24, 2.45) is 0 Å². The smallest absolute Gasteiger partial charge is 0.241 e. The molecule has 0 aliphatic carbocycles. The number of morpholine rings is 1. The Kier molecular flexibility index (Phi) is 5.23. The zero-order valence-electron chi connectivity index (χ0n) is 14.5. The summed E-state index contributed by atoms with van der Waals surface area (Å²) in [6, 6.07) is 17.9. The van der Waals surface area contributed by atoms with Crippen LogP contribution in [-0.4, -0.2) is 41.3 Å². The Hall–Kier alpha value is -2.70. The van der Waals surface area contributed by atoms with Gasteiger partial charge in [0.25, 0.3) is 0 Å². The summed E-state index contributed by atoms with van der Waals surface area (Å²) in [5, 5.41) is 4.09. The second-order valence-corrected chi connectivity index (χ2v) is 6.20. The molecule has 26 heavy (non-hydrogen) atoms. The van der Waals surface area contributed by atoms with Crippen LogP contribution in [0.15, 0.2) is 59.1 Å². The first-order valence-electron chi connectivity index (χ1n) is 8.77. The van der Waals surface area contributed by atoms with Crippen LogP contribution in [0, 0.1) is 0 Å². The molecular weight excluding hydrogens is 330 g/mol. The first-order chi connectivity index (χ1) is 12.9. The van der Waals surface area contributed by atoms with Gasteiger partial charge in [0.1, 0.15) is 12.4 Å². The van der Waals surface area contributed by atoms with E-state index in [9.17, 15) is 0 Å². The number of hydrogen-bond acceptors (Lipinski definition) is 6. The van der Waals surface area contributed by atoms with Crippen molar-refractivity contribution in [1.29, 1.82) is 0 Å². The van der Waals surface area contributed by atoms with Crippen molar-refractivity contribution in [3.63, 3.8) is 0 Å². The Morgan fingerprint density at radius 3 is 2.50 bits per heavy atom. The van der Waals surface area contributed by atoms with Crippen molar-refractivity contribution in [2.45, 2.75) is 13.2 Å². The molecule has 0 radical (unpaired) electrons. The van der Waals surface area contributed by atoms with Gasteiger partial charge >= 0.3 is 0 Å². The monoisotopic (exact) mass is 351 g/mol. The second kappa shape index (κ2) is 8.12. The molecule has 134 valence electrons. The van der Waals surface area contributed by atoms with Crippen LogP contribution in [0.4, 0.5) is 0 Å². The van der Waals surface area contributed by atoms with Crippen molar-refractivity contribution >= 4 is 0 Å². The van der Waals surface area contributed by atoms with Crippen molar-refractivity contribution in [1.82, 2.24) is 15.0 Å². The van der Waals surface area contributed by atoms with Gasteiger partial charge in [-0.15, -0.1) is 0 Å². The van der Waals surface area contributed by atoms with Gasteiger partial charge < -0.3 is 14.0 Å². The SMILES string of the molecule is c1ccc(COc2ccc(-c3noc(CN4CCOCC4)n3)cc2)cc1. The summed E-state index contributed by atoms with van der Waals surface area (Å²) < 4.78 is 16.5. The van der Waals surface area contributed by atoms with E-state index < -0.39 is 0 Å². The predicted molar refractivity (Wildman–Crippen MR) is 96.6 cm³/mol. The lowest BCUT2D eigenvalue weighted by Gasteiger charge is -2.24. The van der Waals surface area contributed by atoms with E-state index >= 15 is 0 Å². The standard InChI is InChI=1S/C20H21N3O3/c1-2-4-16(5-3-1)15-25-18-8-6-17(7-9-18)20-21-19(26-22-20)14-23-10-12-24-13-11-23/h1-9H,10-15H2. The van der Waals surface area contributed by atoms with Crippen molar-refractivity contribution in [2.75, 3.05) is 26.3 Å².